The first-order valence-corrected chi connectivity index (χ1v) is 16.4. The molecule has 0 aliphatic rings. The Morgan fingerprint density at radius 2 is 0.955 bits per heavy atom. The molecule has 8 nitrogen and oxygen atoms in total. The molecular weight excluding hydrogens is 601 g/mol. The average molecular weight is 643 g/mol. The molecule has 0 radical (unpaired) electrons. The van der Waals surface area contributed by atoms with Gasteiger partial charge in [0.25, 0.3) is 0 Å². The van der Waals surface area contributed by atoms with Crippen molar-refractivity contribution in [3.63, 3.8) is 0 Å². The van der Waals surface area contributed by atoms with Crippen LogP contribution < -0.4 is 0 Å². The van der Waals surface area contributed by atoms with Crippen molar-refractivity contribution in [1.29, 1.82) is 0 Å². The van der Waals surface area contributed by atoms with E-state index in [2.05, 4.69) is 0 Å². The standard InChI is InChI=1S/C34H42O8S2/c1-23-7-11-27(12-8-23)43(37)29(15-17-33(39-3)40-4)19-25-21-32(36)26(22-31(25)35)20-30(16-18-34(41-5)42-6)44(38)28-13-9-24(2)10-14-28/h7-14,19-22,33-36H,15-18H2,1-6H3/b29-19+,30-20+. The lowest BCUT2D eigenvalue weighted by molar-refractivity contribution is -0.105. The van der Waals surface area contributed by atoms with Crippen molar-refractivity contribution in [2.75, 3.05) is 28.4 Å². The highest BCUT2D eigenvalue weighted by Crippen LogP contribution is 2.34. The van der Waals surface area contributed by atoms with Crippen LogP contribution in [0.2, 0.25) is 0 Å². The largest absolute Gasteiger partial charge is 0.507 e. The fraction of sp³-hybridized carbons (Fsp3) is 0.353. The van der Waals surface area contributed by atoms with Crippen molar-refractivity contribution in [1.82, 2.24) is 0 Å². The summed E-state index contributed by atoms with van der Waals surface area (Å²) < 4.78 is 48.5. The number of aromatic hydroxyl groups is 2. The molecule has 2 atom stereocenters. The third kappa shape index (κ3) is 9.95. The zero-order chi connectivity index (χ0) is 32.2. The minimum Gasteiger partial charge on any atom is -0.507 e. The van der Waals surface area contributed by atoms with Crippen LogP contribution in [0, 0.1) is 13.8 Å². The summed E-state index contributed by atoms with van der Waals surface area (Å²) in [6, 6.07) is 17.6. The van der Waals surface area contributed by atoms with Crippen LogP contribution in [0.5, 0.6) is 11.5 Å². The van der Waals surface area contributed by atoms with Crippen molar-refractivity contribution < 1.29 is 37.6 Å². The van der Waals surface area contributed by atoms with Crippen molar-refractivity contribution in [2.45, 2.75) is 61.9 Å². The number of methoxy groups -OCH3 is 4. The van der Waals surface area contributed by atoms with Gasteiger partial charge in [-0.2, -0.15) is 0 Å². The lowest BCUT2D eigenvalue weighted by Crippen LogP contribution is -2.13. The molecule has 0 aliphatic heterocycles. The van der Waals surface area contributed by atoms with E-state index >= 15 is 0 Å². The van der Waals surface area contributed by atoms with Gasteiger partial charge >= 0.3 is 0 Å². The highest BCUT2D eigenvalue weighted by atomic mass is 32.2. The number of aryl methyl sites for hydroxylation is 2. The van der Waals surface area contributed by atoms with E-state index in [0.29, 0.717) is 56.4 Å². The Balaban J connectivity index is 2.02. The minimum atomic E-state index is -1.54. The number of allylic oxidation sites excluding steroid dienone is 2. The maximum atomic E-state index is 13.6. The van der Waals surface area contributed by atoms with Gasteiger partial charge in [0.15, 0.2) is 12.6 Å². The Hall–Kier alpha value is -3.12. The second-order valence-electron chi connectivity index (χ2n) is 10.2. The quantitative estimate of drug-likeness (QED) is 0.130. The first-order chi connectivity index (χ1) is 21.1. The molecule has 0 amide bonds. The third-order valence-corrected chi connectivity index (χ3v) is 10.1. The van der Waals surface area contributed by atoms with Gasteiger partial charge in [-0.1, -0.05) is 35.4 Å². The molecule has 44 heavy (non-hydrogen) atoms. The van der Waals surface area contributed by atoms with E-state index in [-0.39, 0.29) is 11.5 Å². The maximum absolute atomic E-state index is 13.6. The Morgan fingerprint density at radius 1 is 0.636 bits per heavy atom. The van der Waals surface area contributed by atoms with Crippen molar-refractivity contribution in [3.8, 4) is 11.5 Å². The summed E-state index contributed by atoms with van der Waals surface area (Å²) in [6.45, 7) is 3.91. The van der Waals surface area contributed by atoms with Crippen molar-refractivity contribution in [2.24, 2.45) is 0 Å². The summed E-state index contributed by atoms with van der Waals surface area (Å²) >= 11 is 0. The molecule has 0 bridgehead atoms. The van der Waals surface area contributed by atoms with Gasteiger partial charge in [0, 0.05) is 72.0 Å². The summed E-state index contributed by atoms with van der Waals surface area (Å²) in [6.07, 6.45) is 3.83. The van der Waals surface area contributed by atoms with E-state index in [0.717, 1.165) is 11.1 Å². The molecule has 2 N–H and O–H groups in total. The highest BCUT2D eigenvalue weighted by Gasteiger charge is 2.18. The second-order valence-corrected chi connectivity index (χ2v) is 13.3. The van der Waals surface area contributed by atoms with E-state index in [9.17, 15) is 18.6 Å². The average Bonchev–Trinajstić information content (AvgIpc) is 3.02. The zero-order valence-corrected chi connectivity index (χ0v) is 27.7. The second kappa shape index (κ2) is 17.4. The van der Waals surface area contributed by atoms with Gasteiger partial charge in [-0.25, -0.2) is 8.42 Å². The number of ether oxygens (including phenoxy) is 4. The molecule has 2 unspecified atom stereocenters. The van der Waals surface area contributed by atoms with Crippen LogP contribution >= 0.6 is 0 Å². The van der Waals surface area contributed by atoms with E-state index in [1.165, 1.54) is 40.6 Å². The molecule has 0 saturated heterocycles. The van der Waals surface area contributed by atoms with Crippen molar-refractivity contribution in [3.05, 3.63) is 92.7 Å². The minimum absolute atomic E-state index is 0.130. The first kappa shape index (κ1) is 35.4. The molecule has 10 heteroatoms. The van der Waals surface area contributed by atoms with Gasteiger partial charge in [0.2, 0.25) is 0 Å². The van der Waals surface area contributed by atoms with Gasteiger partial charge < -0.3 is 29.2 Å². The summed E-state index contributed by atoms with van der Waals surface area (Å²) in [5.74, 6) is -0.260. The molecule has 238 valence electrons. The van der Waals surface area contributed by atoms with E-state index in [1.54, 1.807) is 12.2 Å². The molecular formula is C34H42O8S2. The summed E-state index contributed by atoms with van der Waals surface area (Å²) in [5.41, 5.74) is 2.68. The smallest absolute Gasteiger partial charge is 0.157 e. The van der Waals surface area contributed by atoms with Gasteiger partial charge in [-0.05, 0) is 75.2 Å². The number of phenolic OH excluding ortho intramolecular Hbond substituents is 2. The van der Waals surface area contributed by atoms with Crippen LogP contribution in [-0.4, -0.2) is 59.7 Å². The van der Waals surface area contributed by atoms with Crippen LogP contribution in [0.1, 0.15) is 47.9 Å². The van der Waals surface area contributed by atoms with E-state index in [4.69, 9.17) is 18.9 Å². The number of rotatable bonds is 16. The molecule has 3 aromatic rings. The third-order valence-electron chi connectivity index (χ3n) is 7.06. The molecule has 0 aromatic heterocycles. The SMILES string of the molecule is COC(CC/C(=C\c1cc(O)c(/C=C(\CCC(OC)OC)S(=O)c2ccc(C)cc2)cc1O)S(=O)c1ccc(C)cc1)OC. The number of hydrogen-bond acceptors (Lipinski definition) is 8. The molecule has 0 fully saturated rings. The van der Waals surface area contributed by atoms with E-state index < -0.39 is 34.2 Å². The molecule has 0 aliphatic carbocycles. The molecule has 0 saturated carbocycles. The Morgan fingerprint density at radius 3 is 1.25 bits per heavy atom. The fourth-order valence-electron chi connectivity index (χ4n) is 4.43. The number of hydrogen-bond donors (Lipinski definition) is 2. The Kier molecular flexibility index (Phi) is 14.0. The molecule has 0 heterocycles. The van der Waals surface area contributed by atoms with Crippen LogP contribution in [0.4, 0.5) is 0 Å². The zero-order valence-electron chi connectivity index (χ0n) is 26.1. The van der Waals surface area contributed by atoms with Crippen LogP contribution in [0.3, 0.4) is 0 Å². The molecule has 3 aromatic carbocycles. The summed E-state index contributed by atoms with van der Waals surface area (Å²) in [4.78, 5) is 2.28. The summed E-state index contributed by atoms with van der Waals surface area (Å²) in [7, 11) is 3.08. The predicted octanol–water partition coefficient (Wildman–Crippen LogP) is 6.81. The maximum Gasteiger partial charge on any atom is 0.157 e. The monoisotopic (exact) mass is 642 g/mol. The van der Waals surface area contributed by atoms with Crippen LogP contribution in [0.15, 0.2) is 80.3 Å². The number of phenols is 2. The lowest BCUT2D eigenvalue weighted by atomic mass is 10.1. The summed E-state index contributed by atoms with van der Waals surface area (Å²) in [5, 5.41) is 22.1. The number of benzene rings is 3. The Bertz CT molecular complexity index is 1360. The first-order valence-electron chi connectivity index (χ1n) is 14.1. The topological polar surface area (TPSA) is 112 Å². The van der Waals surface area contributed by atoms with Gasteiger partial charge in [0.05, 0.1) is 21.6 Å². The van der Waals surface area contributed by atoms with Crippen LogP contribution in [0.25, 0.3) is 12.2 Å². The van der Waals surface area contributed by atoms with Crippen molar-refractivity contribution >= 4 is 33.8 Å². The predicted molar refractivity (Wildman–Crippen MR) is 175 cm³/mol. The Labute approximate surface area is 265 Å². The van der Waals surface area contributed by atoms with Gasteiger partial charge in [-0.15, -0.1) is 0 Å². The fourth-order valence-corrected chi connectivity index (χ4v) is 6.88. The van der Waals surface area contributed by atoms with Gasteiger partial charge in [0.1, 0.15) is 11.5 Å². The lowest BCUT2D eigenvalue weighted by Gasteiger charge is -2.16. The van der Waals surface area contributed by atoms with Gasteiger partial charge in [-0.3, -0.25) is 0 Å². The molecule has 3 rings (SSSR count). The molecule has 0 spiro atoms. The van der Waals surface area contributed by atoms with Crippen LogP contribution in [-0.2, 0) is 40.5 Å². The normalized spacial score (nSPS) is 13.9. The van der Waals surface area contributed by atoms with E-state index in [1.807, 2.05) is 62.4 Å². The highest BCUT2D eigenvalue weighted by molar-refractivity contribution is 7.89.